The van der Waals surface area contributed by atoms with Gasteiger partial charge in [-0.05, 0) is 19.3 Å². The summed E-state index contributed by atoms with van der Waals surface area (Å²) in [6, 6.07) is 0. The van der Waals surface area contributed by atoms with E-state index in [9.17, 15) is 19.5 Å². The van der Waals surface area contributed by atoms with Crippen LogP contribution in [0, 0.1) is 0 Å². The van der Waals surface area contributed by atoms with E-state index in [1.807, 2.05) is 11.9 Å². The fraction of sp³-hybridized carbons (Fsp3) is 0.844. The van der Waals surface area contributed by atoms with E-state index in [1.54, 1.807) is 7.05 Å². The lowest BCUT2D eigenvalue weighted by Gasteiger charge is -2.20. The number of nitrogens with one attached hydrogen (secondary N) is 2. The monoisotopic (exact) mass is 577 g/mol. The number of unbranched alkanes of at least 4 members (excludes halogenated alkanes) is 16. The summed E-state index contributed by atoms with van der Waals surface area (Å²) in [7, 11) is 3.58. The Hall–Kier alpha value is -2.29. The molecule has 0 aromatic carbocycles. The minimum atomic E-state index is -0.457. The molecule has 1 amide bonds. The maximum atomic E-state index is 12.2. The summed E-state index contributed by atoms with van der Waals surface area (Å²) in [6.07, 6.45) is 22.6. The van der Waals surface area contributed by atoms with Gasteiger partial charge >= 0.3 is 5.69 Å². The molecule has 1 aliphatic heterocycles. The number of aliphatic hydroxyl groups is 1. The van der Waals surface area contributed by atoms with Crippen LogP contribution in [0.5, 0.6) is 0 Å². The molecule has 0 aliphatic carbocycles. The molecular formula is C32H59N5O4. The van der Waals surface area contributed by atoms with Crippen molar-refractivity contribution in [3.8, 4) is 0 Å². The van der Waals surface area contributed by atoms with Crippen molar-refractivity contribution in [1.82, 2.24) is 14.9 Å². The van der Waals surface area contributed by atoms with E-state index >= 15 is 0 Å². The van der Waals surface area contributed by atoms with E-state index in [2.05, 4.69) is 22.1 Å². The van der Waals surface area contributed by atoms with Crippen LogP contribution in [0.2, 0.25) is 0 Å². The number of rotatable bonds is 24. The smallest absolute Gasteiger partial charge is 0.329 e. The van der Waals surface area contributed by atoms with Crippen LogP contribution in [0.15, 0.2) is 9.59 Å². The molecule has 0 fully saturated rings. The molecule has 2 rings (SSSR count). The van der Waals surface area contributed by atoms with Crippen LogP contribution in [0.3, 0.4) is 0 Å². The van der Waals surface area contributed by atoms with E-state index < -0.39 is 6.10 Å². The molecule has 2 heterocycles. The molecule has 236 valence electrons. The van der Waals surface area contributed by atoms with Crippen LogP contribution < -0.4 is 26.4 Å². The van der Waals surface area contributed by atoms with Gasteiger partial charge in [0.1, 0.15) is 11.5 Å². The maximum absolute atomic E-state index is 12.2. The number of hydrogen-bond donors (Lipinski definition) is 3. The van der Waals surface area contributed by atoms with E-state index in [1.165, 1.54) is 68.8 Å². The fourth-order valence-electron chi connectivity index (χ4n) is 5.81. The van der Waals surface area contributed by atoms with Crippen LogP contribution in [0.4, 0.5) is 11.5 Å². The fourth-order valence-corrected chi connectivity index (χ4v) is 5.81. The van der Waals surface area contributed by atoms with Gasteiger partial charge in [0, 0.05) is 33.6 Å². The van der Waals surface area contributed by atoms with Crippen LogP contribution in [0.25, 0.3) is 0 Å². The van der Waals surface area contributed by atoms with Gasteiger partial charge in [-0.2, -0.15) is 0 Å². The average Bonchev–Trinajstić information content (AvgIpc) is 3.29. The molecule has 0 bridgehead atoms. The van der Waals surface area contributed by atoms with Gasteiger partial charge in [-0.25, -0.2) is 4.79 Å². The Morgan fingerprint density at radius 2 is 1.37 bits per heavy atom. The van der Waals surface area contributed by atoms with Crippen molar-refractivity contribution >= 4 is 17.4 Å². The highest BCUT2D eigenvalue weighted by molar-refractivity contribution is 5.75. The first-order chi connectivity index (χ1) is 19.8. The number of hydrogen-bond acceptors (Lipinski definition) is 6. The Kier molecular flexibility index (Phi) is 17.5. The second-order valence-electron chi connectivity index (χ2n) is 12.1. The number of aromatic nitrogens is 2. The standard InChI is InChI=1S/C32H59N5O4/c1-4-5-6-7-8-9-10-11-14-17-20-23-28(39)33-25-27(38)22-19-16-13-12-15-18-21-24-37-26-35(2)29-30(40)34-32(41)36(3)31(29)37/h27,38H,4-26H2,1-3H3,(H,33,39)(H,34,40,41). The molecule has 0 saturated carbocycles. The van der Waals surface area contributed by atoms with Gasteiger partial charge in [-0.3, -0.25) is 19.1 Å². The summed E-state index contributed by atoms with van der Waals surface area (Å²) in [5, 5.41) is 13.1. The second-order valence-corrected chi connectivity index (χ2v) is 12.1. The third-order valence-electron chi connectivity index (χ3n) is 8.34. The first-order valence-corrected chi connectivity index (χ1v) is 16.6. The van der Waals surface area contributed by atoms with E-state index in [0.717, 1.165) is 64.3 Å². The summed E-state index contributed by atoms with van der Waals surface area (Å²) in [5.41, 5.74) is -0.125. The van der Waals surface area contributed by atoms with Gasteiger partial charge in [-0.1, -0.05) is 110 Å². The van der Waals surface area contributed by atoms with Crippen molar-refractivity contribution in [2.24, 2.45) is 7.05 Å². The highest BCUT2D eigenvalue weighted by Crippen LogP contribution is 2.29. The van der Waals surface area contributed by atoms with Gasteiger partial charge in [0.05, 0.1) is 12.8 Å². The topological polar surface area (TPSA) is 111 Å². The summed E-state index contributed by atoms with van der Waals surface area (Å²) >= 11 is 0. The zero-order chi connectivity index (χ0) is 29.9. The molecule has 1 aromatic rings. The third kappa shape index (κ3) is 13.5. The summed E-state index contributed by atoms with van der Waals surface area (Å²) < 4.78 is 1.53. The molecule has 1 atom stereocenters. The van der Waals surface area contributed by atoms with Gasteiger partial charge in [0.15, 0.2) is 0 Å². The minimum Gasteiger partial charge on any atom is -0.391 e. The van der Waals surface area contributed by atoms with Gasteiger partial charge in [0.2, 0.25) is 5.91 Å². The number of anilines is 2. The van der Waals surface area contributed by atoms with Crippen molar-refractivity contribution in [3.05, 3.63) is 20.8 Å². The number of nitrogens with zero attached hydrogens (tertiary/aromatic N) is 3. The SMILES string of the molecule is CCCCCCCCCCCCCC(=O)NCC(O)CCCCCCCCCN1CN(C)c2c1n(C)c(=O)[nH]c2=O. The first kappa shape index (κ1) is 34.9. The molecule has 41 heavy (non-hydrogen) atoms. The lowest BCUT2D eigenvalue weighted by Crippen LogP contribution is -2.32. The predicted octanol–water partition coefficient (Wildman–Crippen LogP) is 5.59. The number of aliphatic hydroxyl groups excluding tert-OH is 1. The molecule has 9 heteroatoms. The van der Waals surface area contributed by atoms with Crippen molar-refractivity contribution in [3.63, 3.8) is 0 Å². The number of carbonyl (C=O) groups excluding carboxylic acids is 1. The molecular weight excluding hydrogens is 518 g/mol. The Morgan fingerprint density at radius 1 is 0.829 bits per heavy atom. The second kappa shape index (κ2) is 20.6. The molecule has 0 spiro atoms. The normalized spacial score (nSPS) is 13.6. The number of H-pyrrole nitrogens is 1. The van der Waals surface area contributed by atoms with Crippen molar-refractivity contribution in [2.75, 3.05) is 36.6 Å². The van der Waals surface area contributed by atoms with Gasteiger partial charge in [-0.15, -0.1) is 0 Å². The molecule has 3 N–H and O–H groups in total. The van der Waals surface area contributed by atoms with Gasteiger partial charge < -0.3 is 20.2 Å². The average molecular weight is 578 g/mol. The Balaban J connectivity index is 1.39. The minimum absolute atomic E-state index is 0.0676. The highest BCUT2D eigenvalue weighted by atomic mass is 16.3. The van der Waals surface area contributed by atoms with Crippen LogP contribution in [-0.4, -0.2) is 53.5 Å². The largest absolute Gasteiger partial charge is 0.391 e. The lowest BCUT2D eigenvalue weighted by atomic mass is 10.0. The van der Waals surface area contributed by atoms with Crippen LogP contribution in [0.1, 0.15) is 135 Å². The van der Waals surface area contributed by atoms with E-state index in [0.29, 0.717) is 31.1 Å². The molecule has 1 aliphatic rings. The Labute approximate surface area is 248 Å². The maximum Gasteiger partial charge on any atom is 0.329 e. The lowest BCUT2D eigenvalue weighted by molar-refractivity contribution is -0.121. The molecule has 0 radical (unpaired) electrons. The van der Waals surface area contributed by atoms with Crippen molar-refractivity contribution in [2.45, 2.75) is 141 Å². The molecule has 1 aromatic heterocycles. The Bertz CT molecular complexity index is 976. The van der Waals surface area contributed by atoms with Gasteiger partial charge in [0.25, 0.3) is 5.56 Å². The number of aromatic amines is 1. The van der Waals surface area contributed by atoms with Crippen molar-refractivity contribution in [1.29, 1.82) is 0 Å². The predicted molar refractivity (Wildman–Crippen MR) is 170 cm³/mol. The summed E-state index contributed by atoms with van der Waals surface area (Å²) in [4.78, 5) is 42.6. The highest BCUT2D eigenvalue weighted by Gasteiger charge is 2.29. The summed E-state index contributed by atoms with van der Waals surface area (Å²) in [5.74, 6) is 0.781. The zero-order valence-electron chi connectivity index (χ0n) is 26.4. The number of amides is 1. The quantitative estimate of drug-likeness (QED) is 0.138. The van der Waals surface area contributed by atoms with E-state index in [-0.39, 0.29) is 17.2 Å². The van der Waals surface area contributed by atoms with Crippen LogP contribution in [-0.2, 0) is 11.8 Å². The van der Waals surface area contributed by atoms with E-state index in [4.69, 9.17) is 0 Å². The molecule has 9 nitrogen and oxygen atoms in total. The third-order valence-corrected chi connectivity index (χ3v) is 8.34. The first-order valence-electron chi connectivity index (χ1n) is 16.6. The Morgan fingerprint density at radius 3 is 1.98 bits per heavy atom. The number of carbonyl (C=O) groups is 1. The summed E-state index contributed by atoms with van der Waals surface area (Å²) in [6.45, 7) is 4.07. The molecule has 0 saturated heterocycles. The van der Waals surface area contributed by atoms with Crippen LogP contribution >= 0.6 is 0 Å². The zero-order valence-corrected chi connectivity index (χ0v) is 26.4. The van der Waals surface area contributed by atoms with Crippen molar-refractivity contribution < 1.29 is 9.90 Å². The molecule has 1 unspecified atom stereocenters. The number of fused-ring (bicyclic) bond motifs is 1.